The molecule has 0 radical (unpaired) electrons. The average Bonchev–Trinajstić information content (AvgIpc) is 2.81. The van der Waals surface area contributed by atoms with Crippen molar-refractivity contribution < 1.29 is 4.74 Å². The first-order valence-electron chi connectivity index (χ1n) is 7.27. The monoisotopic (exact) mass is 272 g/mol. The van der Waals surface area contributed by atoms with Crippen molar-refractivity contribution in [2.24, 2.45) is 0 Å². The van der Waals surface area contributed by atoms with Crippen LogP contribution in [0, 0.1) is 0 Å². The Morgan fingerprint density at radius 2 is 2.05 bits per heavy atom. The number of rotatable bonds is 4. The quantitative estimate of drug-likeness (QED) is 0.858. The largest absolute Gasteiger partial charge is 0.493 e. The van der Waals surface area contributed by atoms with Crippen molar-refractivity contribution in [2.45, 2.75) is 38.8 Å². The molecule has 4 heteroatoms. The number of benzene rings is 1. The molecule has 1 unspecified atom stereocenters. The number of fused-ring (bicyclic) bond motifs is 1. The fourth-order valence-corrected chi connectivity index (χ4v) is 2.85. The lowest BCUT2D eigenvalue weighted by Crippen LogP contribution is -2.27. The van der Waals surface area contributed by atoms with Crippen molar-refractivity contribution in [1.29, 1.82) is 0 Å². The van der Waals surface area contributed by atoms with Gasteiger partial charge in [-0.2, -0.15) is 0 Å². The molecular formula is C16H20N2O2. The molecule has 1 aromatic carbocycles. The van der Waals surface area contributed by atoms with Crippen molar-refractivity contribution in [3.63, 3.8) is 0 Å². The van der Waals surface area contributed by atoms with Gasteiger partial charge in [-0.05, 0) is 24.5 Å². The van der Waals surface area contributed by atoms with Gasteiger partial charge in [-0.1, -0.05) is 25.1 Å². The van der Waals surface area contributed by atoms with Gasteiger partial charge in [0.1, 0.15) is 5.75 Å². The Balaban J connectivity index is 1.84. The van der Waals surface area contributed by atoms with Gasteiger partial charge in [-0.3, -0.25) is 9.13 Å². The molecule has 0 amide bonds. The van der Waals surface area contributed by atoms with E-state index in [-0.39, 0.29) is 5.69 Å². The van der Waals surface area contributed by atoms with Gasteiger partial charge in [0.25, 0.3) is 0 Å². The fourth-order valence-electron chi connectivity index (χ4n) is 2.85. The second kappa shape index (κ2) is 5.57. The highest BCUT2D eigenvalue weighted by Gasteiger charge is 2.22. The molecule has 4 nitrogen and oxygen atoms in total. The lowest BCUT2D eigenvalue weighted by atomic mass is 9.93. The Hall–Kier alpha value is -1.97. The van der Waals surface area contributed by atoms with Gasteiger partial charge in [-0.25, -0.2) is 4.79 Å². The minimum atomic E-state index is 0.0934. The fraction of sp³-hybridized carbons (Fsp3) is 0.438. The van der Waals surface area contributed by atoms with Crippen LogP contribution in [0.3, 0.4) is 0 Å². The second-order valence-electron chi connectivity index (χ2n) is 5.30. The first-order chi connectivity index (χ1) is 9.79. The maximum absolute atomic E-state index is 12.2. The third-order valence-corrected chi connectivity index (χ3v) is 3.88. The number of aromatic nitrogens is 2. The maximum Gasteiger partial charge on any atom is 0.328 e. The second-order valence-corrected chi connectivity index (χ2v) is 5.30. The molecule has 1 aliphatic rings. The zero-order chi connectivity index (χ0) is 13.9. The smallest absolute Gasteiger partial charge is 0.328 e. The van der Waals surface area contributed by atoms with E-state index in [1.165, 1.54) is 5.56 Å². The molecule has 106 valence electrons. The Morgan fingerprint density at radius 1 is 1.25 bits per heavy atom. The van der Waals surface area contributed by atoms with E-state index in [1.807, 2.05) is 35.2 Å². The molecule has 2 aromatic rings. The van der Waals surface area contributed by atoms with E-state index in [2.05, 4.69) is 13.0 Å². The van der Waals surface area contributed by atoms with Crippen LogP contribution >= 0.6 is 0 Å². The van der Waals surface area contributed by atoms with Crippen LogP contribution in [0.2, 0.25) is 0 Å². The minimum absolute atomic E-state index is 0.0934. The standard InChI is InChI=1S/C16H20N2O2/c1-2-8-17-9-10-18(16(17)19)12-13-7-11-20-15-6-4-3-5-14(13)15/h3-6,9-10,13H,2,7-8,11-12H2,1H3. The third-order valence-electron chi connectivity index (χ3n) is 3.88. The van der Waals surface area contributed by atoms with Crippen LogP contribution in [0.15, 0.2) is 41.5 Å². The molecule has 1 aromatic heterocycles. The lowest BCUT2D eigenvalue weighted by molar-refractivity contribution is 0.258. The summed E-state index contributed by atoms with van der Waals surface area (Å²) in [4.78, 5) is 12.2. The first kappa shape index (κ1) is 13.0. The summed E-state index contributed by atoms with van der Waals surface area (Å²) < 4.78 is 9.28. The summed E-state index contributed by atoms with van der Waals surface area (Å²) in [5.41, 5.74) is 1.31. The van der Waals surface area contributed by atoms with Crippen molar-refractivity contribution in [1.82, 2.24) is 9.13 Å². The maximum atomic E-state index is 12.2. The topological polar surface area (TPSA) is 36.2 Å². The summed E-state index contributed by atoms with van der Waals surface area (Å²) in [5, 5.41) is 0. The van der Waals surface area contributed by atoms with Gasteiger partial charge in [0.15, 0.2) is 0 Å². The average molecular weight is 272 g/mol. The van der Waals surface area contributed by atoms with E-state index in [9.17, 15) is 4.79 Å². The number of aryl methyl sites for hydroxylation is 1. The first-order valence-corrected chi connectivity index (χ1v) is 7.27. The normalized spacial score (nSPS) is 17.6. The molecule has 0 N–H and O–H groups in total. The summed E-state index contributed by atoms with van der Waals surface area (Å²) in [6, 6.07) is 8.14. The van der Waals surface area contributed by atoms with Gasteiger partial charge >= 0.3 is 5.69 Å². The highest BCUT2D eigenvalue weighted by Crippen LogP contribution is 2.33. The van der Waals surface area contributed by atoms with Crippen molar-refractivity contribution >= 4 is 0 Å². The van der Waals surface area contributed by atoms with Crippen molar-refractivity contribution in [3.05, 3.63) is 52.7 Å². The zero-order valence-electron chi connectivity index (χ0n) is 11.8. The van der Waals surface area contributed by atoms with Gasteiger partial charge < -0.3 is 4.74 Å². The summed E-state index contributed by atoms with van der Waals surface area (Å²) in [6.45, 7) is 4.33. The van der Waals surface area contributed by atoms with Crippen molar-refractivity contribution in [3.8, 4) is 5.75 Å². The van der Waals surface area contributed by atoms with Crippen LogP contribution in [0.1, 0.15) is 31.2 Å². The molecule has 0 saturated carbocycles. The third kappa shape index (κ3) is 2.38. The molecule has 0 fully saturated rings. The SMILES string of the molecule is CCCn1ccn(CC2CCOc3ccccc32)c1=O. The summed E-state index contributed by atoms with van der Waals surface area (Å²) in [5.74, 6) is 1.32. The summed E-state index contributed by atoms with van der Waals surface area (Å²) in [7, 11) is 0. The van der Waals surface area contributed by atoms with E-state index < -0.39 is 0 Å². The number of imidazole rings is 1. The molecule has 0 saturated heterocycles. The van der Waals surface area contributed by atoms with E-state index in [0.717, 1.165) is 38.3 Å². The van der Waals surface area contributed by atoms with E-state index >= 15 is 0 Å². The number of nitrogens with zero attached hydrogens (tertiary/aromatic N) is 2. The van der Waals surface area contributed by atoms with Gasteiger partial charge in [-0.15, -0.1) is 0 Å². The molecule has 0 aliphatic carbocycles. The predicted octanol–water partition coefficient (Wildman–Crippen LogP) is 2.63. The lowest BCUT2D eigenvalue weighted by Gasteiger charge is -2.25. The van der Waals surface area contributed by atoms with Crippen LogP contribution < -0.4 is 10.4 Å². The van der Waals surface area contributed by atoms with Crippen LogP contribution in [0.4, 0.5) is 0 Å². The Bertz CT molecular complexity index is 642. The van der Waals surface area contributed by atoms with Crippen molar-refractivity contribution in [2.75, 3.05) is 6.61 Å². The number of ether oxygens (including phenoxy) is 1. The van der Waals surface area contributed by atoms with E-state index in [4.69, 9.17) is 4.74 Å². The molecule has 2 heterocycles. The van der Waals surface area contributed by atoms with Crippen LogP contribution in [0.5, 0.6) is 5.75 Å². The molecule has 0 spiro atoms. The van der Waals surface area contributed by atoms with Crippen LogP contribution in [-0.4, -0.2) is 15.7 Å². The highest BCUT2D eigenvalue weighted by atomic mass is 16.5. The highest BCUT2D eigenvalue weighted by molar-refractivity contribution is 5.37. The molecule has 1 aliphatic heterocycles. The predicted molar refractivity (Wildman–Crippen MR) is 78.3 cm³/mol. The molecule has 3 rings (SSSR count). The molecule has 1 atom stereocenters. The van der Waals surface area contributed by atoms with E-state index in [0.29, 0.717) is 5.92 Å². The molecule has 20 heavy (non-hydrogen) atoms. The zero-order valence-corrected chi connectivity index (χ0v) is 11.8. The Labute approximate surface area is 118 Å². The minimum Gasteiger partial charge on any atom is -0.493 e. The Kier molecular flexibility index (Phi) is 3.63. The summed E-state index contributed by atoms with van der Waals surface area (Å²) in [6.07, 6.45) is 5.72. The van der Waals surface area contributed by atoms with E-state index in [1.54, 1.807) is 4.57 Å². The number of para-hydroxylation sites is 1. The van der Waals surface area contributed by atoms with Crippen LogP contribution in [0.25, 0.3) is 0 Å². The van der Waals surface area contributed by atoms with Gasteiger partial charge in [0, 0.05) is 31.4 Å². The van der Waals surface area contributed by atoms with Gasteiger partial charge in [0.2, 0.25) is 0 Å². The van der Waals surface area contributed by atoms with Gasteiger partial charge in [0.05, 0.1) is 6.61 Å². The Morgan fingerprint density at radius 3 is 2.90 bits per heavy atom. The summed E-state index contributed by atoms with van der Waals surface area (Å²) >= 11 is 0. The van der Waals surface area contributed by atoms with Crippen LogP contribution in [-0.2, 0) is 13.1 Å². The molecular weight excluding hydrogens is 252 g/mol. The number of hydrogen-bond donors (Lipinski definition) is 0. The molecule has 0 bridgehead atoms. The number of hydrogen-bond acceptors (Lipinski definition) is 2.